The molecular formula is C20H20N2O6S. The summed E-state index contributed by atoms with van der Waals surface area (Å²) in [7, 11) is -1.57. The van der Waals surface area contributed by atoms with E-state index in [9.17, 15) is 18.0 Å². The number of methoxy groups -OCH3 is 2. The Hall–Kier alpha value is -3.07. The molecule has 2 aliphatic rings. The standard InChI is InChI=1S/C20H20N2O6S/c1-27-19(23)17-12-15-14-10-6-7-11-16(14)22(18(15)21(17)20(24)28-2)29(25,26)13-8-4-3-5-9-13/h3-11,15,17-18H,12H2,1-2H3/t15-,17-,18-/m0/s1. The minimum absolute atomic E-state index is 0.0989. The van der Waals surface area contributed by atoms with E-state index >= 15 is 0 Å². The van der Waals surface area contributed by atoms with Gasteiger partial charge in [-0.15, -0.1) is 0 Å². The number of amides is 1. The van der Waals surface area contributed by atoms with Gasteiger partial charge in [0.25, 0.3) is 10.0 Å². The van der Waals surface area contributed by atoms with Gasteiger partial charge in [0.1, 0.15) is 12.2 Å². The number of sulfonamides is 1. The number of hydrogen-bond donors (Lipinski definition) is 0. The maximum atomic E-state index is 13.6. The van der Waals surface area contributed by atoms with Crippen LogP contribution in [0.3, 0.4) is 0 Å². The number of likely N-dealkylation sites (tertiary alicyclic amines) is 1. The summed E-state index contributed by atoms with van der Waals surface area (Å²) in [4.78, 5) is 26.3. The van der Waals surface area contributed by atoms with Crippen LogP contribution in [0.1, 0.15) is 17.9 Å². The summed E-state index contributed by atoms with van der Waals surface area (Å²) in [6.07, 6.45) is -1.47. The highest BCUT2D eigenvalue weighted by Crippen LogP contribution is 2.52. The van der Waals surface area contributed by atoms with Crippen LogP contribution in [-0.4, -0.2) is 51.8 Å². The first-order chi connectivity index (χ1) is 13.9. The van der Waals surface area contributed by atoms with Gasteiger partial charge in [0, 0.05) is 5.92 Å². The van der Waals surface area contributed by atoms with Gasteiger partial charge in [-0.05, 0) is 30.2 Å². The number of ether oxygens (including phenoxy) is 2. The molecule has 0 radical (unpaired) electrons. The monoisotopic (exact) mass is 416 g/mol. The van der Waals surface area contributed by atoms with Crippen molar-refractivity contribution in [2.45, 2.75) is 29.4 Å². The van der Waals surface area contributed by atoms with Crippen LogP contribution in [0.15, 0.2) is 59.5 Å². The molecule has 0 saturated carbocycles. The summed E-state index contributed by atoms with van der Waals surface area (Å²) in [5, 5.41) is 0. The topological polar surface area (TPSA) is 93.2 Å². The predicted molar refractivity (Wildman–Crippen MR) is 104 cm³/mol. The molecule has 9 heteroatoms. The number of fused-ring (bicyclic) bond motifs is 3. The molecule has 0 aliphatic carbocycles. The maximum Gasteiger partial charge on any atom is 0.411 e. The number of rotatable bonds is 3. The lowest BCUT2D eigenvalue weighted by atomic mass is 9.96. The van der Waals surface area contributed by atoms with Crippen LogP contribution < -0.4 is 4.31 Å². The van der Waals surface area contributed by atoms with Gasteiger partial charge >= 0.3 is 12.1 Å². The van der Waals surface area contributed by atoms with Crippen LogP contribution in [0.2, 0.25) is 0 Å². The first-order valence-electron chi connectivity index (χ1n) is 9.04. The lowest BCUT2D eigenvalue weighted by molar-refractivity contribution is -0.145. The second-order valence-electron chi connectivity index (χ2n) is 6.84. The van der Waals surface area contributed by atoms with Crippen LogP contribution in [0.5, 0.6) is 0 Å². The normalized spacial score (nSPS) is 22.8. The van der Waals surface area contributed by atoms with Gasteiger partial charge in [-0.3, -0.25) is 4.90 Å². The highest BCUT2D eigenvalue weighted by Gasteiger charge is 2.58. The third kappa shape index (κ3) is 2.84. The van der Waals surface area contributed by atoms with E-state index in [0.29, 0.717) is 5.69 Å². The van der Waals surface area contributed by atoms with E-state index in [1.165, 1.54) is 35.6 Å². The Kier molecular flexibility index (Phi) is 4.70. The number of para-hydroxylation sites is 1. The molecule has 3 atom stereocenters. The number of esters is 1. The fraction of sp³-hybridized carbons (Fsp3) is 0.300. The molecule has 1 amide bonds. The zero-order valence-electron chi connectivity index (χ0n) is 15.9. The van der Waals surface area contributed by atoms with E-state index in [2.05, 4.69) is 0 Å². The largest absolute Gasteiger partial charge is 0.467 e. The Morgan fingerprint density at radius 1 is 0.966 bits per heavy atom. The Bertz CT molecular complexity index is 1060. The third-order valence-corrected chi connectivity index (χ3v) is 7.23. The lowest BCUT2D eigenvalue weighted by Crippen LogP contribution is -2.53. The van der Waals surface area contributed by atoms with E-state index < -0.39 is 34.3 Å². The Morgan fingerprint density at radius 2 is 1.62 bits per heavy atom. The molecular weight excluding hydrogens is 396 g/mol. The van der Waals surface area contributed by atoms with Gasteiger partial charge in [-0.25, -0.2) is 22.3 Å². The summed E-state index contributed by atoms with van der Waals surface area (Å²) >= 11 is 0. The van der Waals surface area contributed by atoms with Gasteiger partial charge in [-0.1, -0.05) is 36.4 Å². The molecule has 2 aromatic carbocycles. The molecule has 0 bridgehead atoms. The van der Waals surface area contributed by atoms with Crippen molar-refractivity contribution in [3.63, 3.8) is 0 Å². The van der Waals surface area contributed by atoms with Crippen molar-refractivity contribution in [1.82, 2.24) is 4.90 Å². The second kappa shape index (κ2) is 7.07. The number of hydrogen-bond acceptors (Lipinski definition) is 6. The van der Waals surface area contributed by atoms with Crippen LogP contribution in [0.4, 0.5) is 10.5 Å². The van der Waals surface area contributed by atoms with Gasteiger partial charge < -0.3 is 9.47 Å². The number of carbonyl (C=O) groups excluding carboxylic acids is 2. The molecule has 0 aromatic heterocycles. The average molecular weight is 416 g/mol. The van der Waals surface area contributed by atoms with Crippen molar-refractivity contribution >= 4 is 27.8 Å². The fourth-order valence-electron chi connectivity index (χ4n) is 4.23. The van der Waals surface area contributed by atoms with E-state index in [-0.39, 0.29) is 17.2 Å². The number of carbonyl (C=O) groups is 2. The van der Waals surface area contributed by atoms with Crippen LogP contribution in [0.25, 0.3) is 0 Å². The van der Waals surface area contributed by atoms with Gasteiger partial charge in [0.15, 0.2) is 0 Å². The molecule has 29 heavy (non-hydrogen) atoms. The average Bonchev–Trinajstić information content (AvgIpc) is 3.28. The van der Waals surface area contributed by atoms with Gasteiger partial charge in [0.05, 0.1) is 24.8 Å². The summed E-state index contributed by atoms with van der Waals surface area (Å²) < 4.78 is 38.1. The molecule has 0 unspecified atom stereocenters. The molecule has 2 aliphatic heterocycles. The fourth-order valence-corrected chi connectivity index (χ4v) is 5.91. The maximum absolute atomic E-state index is 13.6. The Labute approximate surface area is 168 Å². The first-order valence-corrected chi connectivity index (χ1v) is 10.5. The smallest absolute Gasteiger partial charge is 0.411 e. The van der Waals surface area contributed by atoms with Crippen LogP contribution >= 0.6 is 0 Å². The second-order valence-corrected chi connectivity index (χ2v) is 8.66. The summed E-state index contributed by atoms with van der Waals surface area (Å²) in [5.41, 5.74) is 1.25. The minimum Gasteiger partial charge on any atom is -0.467 e. The molecule has 0 spiro atoms. The van der Waals surface area contributed by atoms with Crippen molar-refractivity contribution in [3.8, 4) is 0 Å². The van der Waals surface area contributed by atoms with E-state index in [1.807, 2.05) is 12.1 Å². The summed E-state index contributed by atoms with van der Waals surface area (Å²) in [6.45, 7) is 0. The molecule has 1 saturated heterocycles. The minimum atomic E-state index is -4.01. The Balaban J connectivity index is 1.90. The number of anilines is 1. The third-order valence-electron chi connectivity index (χ3n) is 5.43. The van der Waals surface area contributed by atoms with Crippen molar-refractivity contribution in [2.75, 3.05) is 18.5 Å². The predicted octanol–water partition coefficient (Wildman–Crippen LogP) is 2.32. The van der Waals surface area contributed by atoms with E-state index in [4.69, 9.17) is 9.47 Å². The number of benzene rings is 2. The molecule has 152 valence electrons. The molecule has 4 rings (SSSR count). The van der Waals surface area contributed by atoms with Crippen LogP contribution in [-0.2, 0) is 24.3 Å². The van der Waals surface area contributed by atoms with Gasteiger partial charge in [0.2, 0.25) is 0 Å². The van der Waals surface area contributed by atoms with Crippen LogP contribution in [0, 0.1) is 0 Å². The van der Waals surface area contributed by atoms with E-state index in [0.717, 1.165) is 5.56 Å². The molecule has 0 N–H and O–H groups in total. The quantitative estimate of drug-likeness (QED) is 0.713. The molecule has 2 aromatic rings. The zero-order chi connectivity index (χ0) is 20.8. The zero-order valence-corrected chi connectivity index (χ0v) is 16.7. The van der Waals surface area contributed by atoms with Gasteiger partial charge in [-0.2, -0.15) is 0 Å². The SMILES string of the molecule is COC(=O)[C@@H]1C[C@H]2c3ccccc3N(S(=O)(=O)c3ccccc3)[C@@H]2N1C(=O)OC. The summed E-state index contributed by atoms with van der Waals surface area (Å²) in [6, 6.07) is 14.1. The van der Waals surface area contributed by atoms with Crippen molar-refractivity contribution in [3.05, 3.63) is 60.2 Å². The summed E-state index contributed by atoms with van der Waals surface area (Å²) in [5.74, 6) is -0.993. The van der Waals surface area contributed by atoms with Crippen molar-refractivity contribution < 1.29 is 27.5 Å². The molecule has 8 nitrogen and oxygen atoms in total. The van der Waals surface area contributed by atoms with E-state index in [1.54, 1.807) is 30.3 Å². The first kappa shape index (κ1) is 19.3. The van der Waals surface area contributed by atoms with Crippen molar-refractivity contribution in [1.29, 1.82) is 0 Å². The molecule has 2 heterocycles. The highest BCUT2D eigenvalue weighted by molar-refractivity contribution is 7.92. The molecule has 1 fully saturated rings. The number of nitrogens with zero attached hydrogens (tertiary/aromatic N) is 2. The lowest BCUT2D eigenvalue weighted by Gasteiger charge is -2.34. The highest BCUT2D eigenvalue weighted by atomic mass is 32.2. The Morgan fingerprint density at radius 3 is 2.28 bits per heavy atom. The van der Waals surface area contributed by atoms with Crippen molar-refractivity contribution in [2.24, 2.45) is 0 Å².